The standard InChI is InChI=1S/C14H20Si/c1-5-11-10-14(15(2,3)4)13-9-7-6-8-12(11)13/h6-10,14H,5H2,1-4H3. The Bertz CT molecular complexity index is 396. The fraction of sp³-hybridized carbons (Fsp3) is 0.429. The van der Waals surface area contributed by atoms with Gasteiger partial charge in [0.15, 0.2) is 0 Å². The lowest BCUT2D eigenvalue weighted by molar-refractivity contribution is 1.16. The molecule has 0 fully saturated rings. The van der Waals surface area contributed by atoms with Crippen LogP contribution in [0, 0.1) is 0 Å². The van der Waals surface area contributed by atoms with Crippen LogP contribution in [0.5, 0.6) is 0 Å². The monoisotopic (exact) mass is 216 g/mol. The van der Waals surface area contributed by atoms with Crippen LogP contribution in [0.25, 0.3) is 5.57 Å². The minimum Gasteiger partial charge on any atom is -0.0759 e. The molecule has 2 rings (SSSR count). The van der Waals surface area contributed by atoms with Crippen molar-refractivity contribution < 1.29 is 0 Å². The molecule has 1 heteroatoms. The van der Waals surface area contributed by atoms with Gasteiger partial charge in [-0.05, 0) is 28.7 Å². The second kappa shape index (κ2) is 3.64. The third kappa shape index (κ3) is 1.81. The summed E-state index contributed by atoms with van der Waals surface area (Å²) in [5.74, 6) is 0. The van der Waals surface area contributed by atoms with Gasteiger partial charge in [-0.2, -0.15) is 0 Å². The van der Waals surface area contributed by atoms with E-state index in [9.17, 15) is 0 Å². The van der Waals surface area contributed by atoms with Crippen LogP contribution in [-0.4, -0.2) is 8.07 Å². The third-order valence-corrected chi connectivity index (χ3v) is 5.67. The van der Waals surface area contributed by atoms with Crippen LogP contribution < -0.4 is 0 Å². The molecule has 0 spiro atoms. The van der Waals surface area contributed by atoms with Gasteiger partial charge in [-0.3, -0.25) is 0 Å². The Labute approximate surface area is 94.0 Å². The van der Waals surface area contributed by atoms with E-state index in [0.29, 0.717) is 0 Å². The number of allylic oxidation sites excluding steroid dienone is 2. The molecule has 0 amide bonds. The quantitative estimate of drug-likeness (QED) is 0.641. The third-order valence-electron chi connectivity index (χ3n) is 3.32. The Hall–Kier alpha value is -0.823. The Morgan fingerprint density at radius 3 is 2.40 bits per heavy atom. The van der Waals surface area contributed by atoms with E-state index in [0.717, 1.165) is 12.0 Å². The highest BCUT2D eigenvalue weighted by Gasteiger charge is 2.32. The maximum absolute atomic E-state index is 2.52. The summed E-state index contributed by atoms with van der Waals surface area (Å²) in [6.45, 7) is 9.64. The minimum absolute atomic E-state index is 0.726. The Morgan fingerprint density at radius 2 is 1.80 bits per heavy atom. The van der Waals surface area contributed by atoms with Gasteiger partial charge >= 0.3 is 0 Å². The Kier molecular flexibility index (Phi) is 2.59. The van der Waals surface area contributed by atoms with Gasteiger partial charge in [0.05, 0.1) is 8.07 Å². The van der Waals surface area contributed by atoms with Crippen LogP contribution in [-0.2, 0) is 0 Å². The topological polar surface area (TPSA) is 0 Å². The number of rotatable bonds is 2. The summed E-state index contributed by atoms with van der Waals surface area (Å²) >= 11 is 0. The van der Waals surface area contributed by atoms with E-state index in [1.807, 2.05) is 0 Å². The highest BCUT2D eigenvalue weighted by atomic mass is 28.3. The molecule has 0 saturated heterocycles. The number of hydrogen-bond acceptors (Lipinski definition) is 0. The van der Waals surface area contributed by atoms with E-state index in [-0.39, 0.29) is 0 Å². The van der Waals surface area contributed by atoms with Gasteiger partial charge in [-0.25, -0.2) is 0 Å². The van der Waals surface area contributed by atoms with Gasteiger partial charge in [0.1, 0.15) is 0 Å². The smallest absolute Gasteiger partial charge is 0.0566 e. The van der Waals surface area contributed by atoms with Crippen molar-refractivity contribution in [2.24, 2.45) is 0 Å². The zero-order chi connectivity index (χ0) is 11.1. The van der Waals surface area contributed by atoms with Crippen molar-refractivity contribution in [2.75, 3.05) is 0 Å². The molecule has 0 radical (unpaired) electrons. The Balaban J connectivity index is 2.51. The summed E-state index contributed by atoms with van der Waals surface area (Å²) in [6, 6.07) is 8.94. The van der Waals surface area contributed by atoms with Crippen LogP contribution in [0.3, 0.4) is 0 Å². The first-order valence-corrected chi connectivity index (χ1v) is 9.41. The van der Waals surface area contributed by atoms with E-state index >= 15 is 0 Å². The van der Waals surface area contributed by atoms with Gasteiger partial charge in [-0.15, -0.1) is 0 Å². The summed E-state index contributed by atoms with van der Waals surface area (Å²) in [5.41, 5.74) is 5.36. The highest BCUT2D eigenvalue weighted by molar-refractivity contribution is 6.78. The summed E-state index contributed by atoms with van der Waals surface area (Å²) in [7, 11) is -1.11. The molecular weight excluding hydrogens is 196 g/mol. The summed E-state index contributed by atoms with van der Waals surface area (Å²) in [6.07, 6.45) is 3.69. The first-order valence-electron chi connectivity index (χ1n) is 5.84. The normalized spacial score (nSPS) is 20.0. The first-order chi connectivity index (χ1) is 7.04. The second-order valence-electron chi connectivity index (χ2n) is 5.48. The van der Waals surface area contributed by atoms with Gasteiger partial charge in [0, 0.05) is 0 Å². The van der Waals surface area contributed by atoms with Crippen molar-refractivity contribution in [3.05, 3.63) is 41.5 Å². The fourth-order valence-electron chi connectivity index (χ4n) is 2.47. The average Bonchev–Trinajstić information content (AvgIpc) is 2.55. The molecule has 0 saturated carbocycles. The van der Waals surface area contributed by atoms with Crippen molar-refractivity contribution in [1.29, 1.82) is 0 Å². The molecule has 0 N–H and O–H groups in total. The van der Waals surface area contributed by atoms with Crippen molar-refractivity contribution in [3.8, 4) is 0 Å². The lowest BCUT2D eigenvalue weighted by atomic mass is 10.0. The second-order valence-corrected chi connectivity index (χ2v) is 10.8. The molecule has 0 aromatic heterocycles. The molecular formula is C14H20Si. The van der Waals surface area contributed by atoms with Gasteiger partial charge < -0.3 is 0 Å². The van der Waals surface area contributed by atoms with Gasteiger partial charge in [-0.1, -0.05) is 56.9 Å². The summed E-state index contributed by atoms with van der Waals surface area (Å²) < 4.78 is 0. The molecule has 80 valence electrons. The average molecular weight is 216 g/mol. The maximum Gasteiger partial charge on any atom is 0.0566 e. The fourth-order valence-corrected chi connectivity index (χ4v) is 4.35. The van der Waals surface area contributed by atoms with Crippen molar-refractivity contribution in [2.45, 2.75) is 38.5 Å². The zero-order valence-electron chi connectivity index (χ0n) is 10.2. The van der Waals surface area contributed by atoms with Crippen LogP contribution >= 0.6 is 0 Å². The number of hydrogen-bond donors (Lipinski definition) is 0. The molecule has 0 bridgehead atoms. The van der Waals surface area contributed by atoms with Crippen molar-refractivity contribution in [1.82, 2.24) is 0 Å². The SMILES string of the molecule is CCC1=CC([Si](C)(C)C)c2ccccc21. The van der Waals surface area contributed by atoms with Gasteiger partial charge in [0.2, 0.25) is 0 Å². The minimum atomic E-state index is -1.11. The van der Waals surface area contributed by atoms with E-state index in [4.69, 9.17) is 0 Å². The summed E-state index contributed by atoms with van der Waals surface area (Å²) in [4.78, 5) is 0. The predicted molar refractivity (Wildman–Crippen MR) is 70.8 cm³/mol. The molecule has 1 unspecified atom stereocenters. The molecule has 1 aromatic rings. The molecule has 0 heterocycles. The van der Waals surface area contributed by atoms with Crippen molar-refractivity contribution in [3.63, 3.8) is 0 Å². The lowest BCUT2D eigenvalue weighted by Crippen LogP contribution is -2.28. The first kappa shape index (κ1) is 10.7. The lowest BCUT2D eigenvalue weighted by Gasteiger charge is -2.24. The van der Waals surface area contributed by atoms with E-state index < -0.39 is 8.07 Å². The molecule has 1 aliphatic rings. The molecule has 0 nitrogen and oxygen atoms in total. The summed E-state index contributed by atoms with van der Waals surface area (Å²) in [5, 5.41) is 0. The molecule has 1 aromatic carbocycles. The number of fused-ring (bicyclic) bond motifs is 1. The van der Waals surface area contributed by atoms with E-state index in [2.05, 4.69) is 56.9 Å². The van der Waals surface area contributed by atoms with Gasteiger partial charge in [0.25, 0.3) is 0 Å². The van der Waals surface area contributed by atoms with Crippen LogP contribution in [0.1, 0.15) is 30.0 Å². The zero-order valence-corrected chi connectivity index (χ0v) is 11.2. The van der Waals surface area contributed by atoms with E-state index in [1.54, 1.807) is 11.1 Å². The van der Waals surface area contributed by atoms with Crippen LogP contribution in [0.15, 0.2) is 30.3 Å². The molecule has 1 aliphatic carbocycles. The van der Waals surface area contributed by atoms with E-state index in [1.165, 1.54) is 5.56 Å². The molecule has 1 atom stereocenters. The Morgan fingerprint density at radius 1 is 1.13 bits per heavy atom. The van der Waals surface area contributed by atoms with Crippen LogP contribution in [0.2, 0.25) is 19.6 Å². The largest absolute Gasteiger partial charge is 0.0759 e. The molecule has 0 aliphatic heterocycles. The number of benzene rings is 1. The molecule has 15 heavy (non-hydrogen) atoms. The maximum atomic E-state index is 2.52. The highest BCUT2D eigenvalue weighted by Crippen LogP contribution is 2.41. The van der Waals surface area contributed by atoms with Crippen LogP contribution in [0.4, 0.5) is 0 Å². The van der Waals surface area contributed by atoms with Crippen molar-refractivity contribution >= 4 is 13.6 Å². The predicted octanol–water partition coefficient (Wildman–Crippen LogP) is 4.45.